The van der Waals surface area contributed by atoms with Gasteiger partial charge < -0.3 is 9.52 Å². The molecule has 0 bridgehead atoms. The molecule has 0 aliphatic rings. The smallest absolute Gasteiger partial charge is 0.146 e. The van der Waals surface area contributed by atoms with Gasteiger partial charge in [-0.05, 0) is 69.4 Å². The largest absolute Gasteiger partial charge is 0.506 e. The molecule has 0 fully saturated rings. The lowest BCUT2D eigenvalue weighted by Crippen LogP contribution is -1.87. The minimum Gasteiger partial charge on any atom is -0.506 e. The second kappa shape index (κ2) is 6.32. The third-order valence-corrected chi connectivity index (χ3v) is 3.49. The Morgan fingerprint density at radius 3 is 2.67 bits per heavy atom. The van der Waals surface area contributed by atoms with Crippen LogP contribution < -0.4 is 0 Å². The van der Waals surface area contributed by atoms with E-state index in [0.717, 1.165) is 7.14 Å². The number of rotatable bonds is 3. The molecule has 92 valence electrons. The molecule has 2 aromatic rings. The lowest BCUT2D eigenvalue weighted by Gasteiger charge is -2.01. The Balaban J connectivity index is 2.14. The summed E-state index contributed by atoms with van der Waals surface area (Å²) in [6, 6.07) is 7.29. The average molecular weight is 466 g/mol. The van der Waals surface area contributed by atoms with Crippen molar-refractivity contribution in [3.8, 4) is 5.75 Å². The van der Waals surface area contributed by atoms with E-state index in [-0.39, 0.29) is 5.75 Å². The van der Waals surface area contributed by atoms with Crippen LogP contribution in [0.25, 0.3) is 0 Å². The van der Waals surface area contributed by atoms with Crippen molar-refractivity contribution >= 4 is 57.6 Å². The van der Waals surface area contributed by atoms with E-state index >= 15 is 0 Å². The van der Waals surface area contributed by atoms with Gasteiger partial charge in [0.25, 0.3) is 0 Å². The lowest BCUT2D eigenvalue weighted by atomic mass is 10.2. The number of hydrogen-bond donors (Lipinski definition) is 1. The number of phenolic OH excluding ortho intramolecular Hbond substituents is 1. The van der Waals surface area contributed by atoms with Gasteiger partial charge in [-0.3, -0.25) is 0 Å². The molecule has 0 aliphatic carbocycles. The van der Waals surface area contributed by atoms with Crippen LogP contribution in [-0.4, -0.2) is 17.5 Å². The first-order valence-corrected chi connectivity index (χ1v) is 7.10. The van der Waals surface area contributed by atoms with E-state index in [2.05, 4.69) is 55.4 Å². The fraction of sp³-hybridized carbons (Fsp3) is 0. The van der Waals surface area contributed by atoms with E-state index in [1.165, 1.54) is 12.4 Å². The van der Waals surface area contributed by atoms with Gasteiger partial charge in [0, 0.05) is 9.13 Å². The van der Waals surface area contributed by atoms with Gasteiger partial charge in [-0.2, -0.15) is 10.2 Å². The van der Waals surface area contributed by atoms with Gasteiger partial charge in [-0.25, -0.2) is 0 Å². The fourth-order valence-corrected chi connectivity index (χ4v) is 3.12. The Hall–Kier alpha value is -0.900. The lowest BCUT2D eigenvalue weighted by molar-refractivity contribution is 0.470. The first kappa shape index (κ1) is 13.5. The van der Waals surface area contributed by atoms with E-state index in [1.54, 1.807) is 18.4 Å². The summed E-state index contributed by atoms with van der Waals surface area (Å²) < 4.78 is 6.89. The Kier molecular flexibility index (Phi) is 4.75. The molecular weight excluding hydrogens is 458 g/mol. The molecule has 0 saturated carbocycles. The monoisotopic (exact) mass is 466 g/mol. The standard InChI is InChI=1S/C12H8I2N2O2/c13-9-4-8(12(17)11(14)5-9)6-15-16-7-10-2-1-3-18-10/h1-7,17H. The molecule has 1 aromatic carbocycles. The zero-order valence-electron chi connectivity index (χ0n) is 9.05. The van der Waals surface area contributed by atoms with Gasteiger partial charge in [0.05, 0.1) is 22.3 Å². The molecule has 0 saturated heterocycles. The first-order valence-electron chi connectivity index (χ1n) is 4.95. The zero-order valence-corrected chi connectivity index (χ0v) is 13.4. The number of aromatic hydroxyl groups is 1. The second-order valence-electron chi connectivity index (χ2n) is 3.33. The molecule has 0 amide bonds. The van der Waals surface area contributed by atoms with Crippen LogP contribution in [0.1, 0.15) is 11.3 Å². The van der Waals surface area contributed by atoms with Crippen LogP contribution in [0.15, 0.2) is 45.1 Å². The molecule has 0 unspecified atom stereocenters. The molecule has 0 radical (unpaired) electrons. The summed E-state index contributed by atoms with van der Waals surface area (Å²) in [6.07, 6.45) is 4.59. The van der Waals surface area contributed by atoms with Crippen molar-refractivity contribution in [2.45, 2.75) is 0 Å². The number of hydrogen-bond acceptors (Lipinski definition) is 4. The summed E-state index contributed by atoms with van der Waals surface area (Å²) in [4.78, 5) is 0. The summed E-state index contributed by atoms with van der Waals surface area (Å²) in [7, 11) is 0. The SMILES string of the molecule is Oc1c(I)cc(I)cc1C=NN=Cc1ccco1. The van der Waals surface area contributed by atoms with Crippen LogP contribution in [0.2, 0.25) is 0 Å². The summed E-state index contributed by atoms with van der Waals surface area (Å²) >= 11 is 4.26. The van der Waals surface area contributed by atoms with Gasteiger partial charge in [0.2, 0.25) is 0 Å². The Morgan fingerprint density at radius 2 is 1.94 bits per heavy atom. The van der Waals surface area contributed by atoms with Gasteiger partial charge in [-0.15, -0.1) is 0 Å². The second-order valence-corrected chi connectivity index (χ2v) is 5.74. The number of benzene rings is 1. The van der Waals surface area contributed by atoms with Crippen LogP contribution >= 0.6 is 45.2 Å². The summed E-state index contributed by atoms with van der Waals surface area (Å²) in [5.41, 5.74) is 0.642. The van der Waals surface area contributed by atoms with E-state index in [9.17, 15) is 5.11 Å². The maximum Gasteiger partial charge on any atom is 0.146 e. The highest BCUT2D eigenvalue weighted by Gasteiger charge is 2.04. The molecule has 1 heterocycles. The van der Waals surface area contributed by atoms with Crippen molar-refractivity contribution in [2.75, 3.05) is 0 Å². The first-order chi connectivity index (χ1) is 8.66. The van der Waals surface area contributed by atoms with Gasteiger partial charge in [0.15, 0.2) is 0 Å². The van der Waals surface area contributed by atoms with E-state index in [4.69, 9.17) is 4.42 Å². The van der Waals surface area contributed by atoms with Crippen LogP contribution in [0.3, 0.4) is 0 Å². The summed E-state index contributed by atoms with van der Waals surface area (Å²) in [6.45, 7) is 0. The van der Waals surface area contributed by atoms with Crippen molar-refractivity contribution in [1.82, 2.24) is 0 Å². The molecule has 0 spiro atoms. The van der Waals surface area contributed by atoms with Crippen molar-refractivity contribution in [3.05, 3.63) is 49.0 Å². The number of nitrogens with zero attached hydrogens (tertiary/aromatic N) is 2. The van der Waals surface area contributed by atoms with Crippen molar-refractivity contribution in [2.24, 2.45) is 10.2 Å². The Morgan fingerprint density at radius 1 is 1.17 bits per heavy atom. The fourth-order valence-electron chi connectivity index (χ4n) is 1.23. The predicted octanol–water partition coefficient (Wildman–Crippen LogP) is 3.65. The van der Waals surface area contributed by atoms with Gasteiger partial charge in [-0.1, -0.05) is 0 Å². The topological polar surface area (TPSA) is 58.1 Å². The predicted molar refractivity (Wildman–Crippen MR) is 87.4 cm³/mol. The maximum absolute atomic E-state index is 9.83. The van der Waals surface area contributed by atoms with Crippen molar-refractivity contribution in [3.63, 3.8) is 0 Å². The molecule has 1 N–H and O–H groups in total. The van der Waals surface area contributed by atoms with Crippen LogP contribution in [0, 0.1) is 7.14 Å². The van der Waals surface area contributed by atoms with Crippen LogP contribution in [-0.2, 0) is 0 Å². The van der Waals surface area contributed by atoms with Crippen molar-refractivity contribution in [1.29, 1.82) is 0 Å². The zero-order chi connectivity index (χ0) is 13.0. The molecule has 0 atom stereocenters. The van der Waals surface area contributed by atoms with Crippen LogP contribution in [0.4, 0.5) is 0 Å². The normalized spacial score (nSPS) is 11.7. The quantitative estimate of drug-likeness (QED) is 0.427. The van der Waals surface area contributed by atoms with Gasteiger partial charge >= 0.3 is 0 Å². The van der Waals surface area contributed by atoms with Gasteiger partial charge in [0.1, 0.15) is 11.5 Å². The third kappa shape index (κ3) is 3.55. The molecule has 18 heavy (non-hydrogen) atoms. The molecule has 4 nitrogen and oxygen atoms in total. The average Bonchev–Trinajstić information content (AvgIpc) is 2.83. The highest BCUT2D eigenvalue weighted by Crippen LogP contribution is 2.25. The van der Waals surface area contributed by atoms with Crippen LogP contribution in [0.5, 0.6) is 5.75 Å². The minimum atomic E-state index is 0.216. The molecular formula is C12H8I2N2O2. The Bertz CT molecular complexity index is 592. The Labute approximate surface area is 131 Å². The third-order valence-electron chi connectivity index (χ3n) is 2.05. The molecule has 0 aliphatic heterocycles. The highest BCUT2D eigenvalue weighted by atomic mass is 127. The van der Waals surface area contributed by atoms with E-state index in [1.807, 2.05) is 12.1 Å². The number of halogens is 2. The summed E-state index contributed by atoms with van der Waals surface area (Å²) in [5, 5.41) is 17.6. The molecule has 2 rings (SSSR count). The number of phenols is 1. The summed E-state index contributed by atoms with van der Waals surface area (Å²) in [5.74, 6) is 0.849. The molecule has 1 aromatic heterocycles. The maximum atomic E-state index is 9.83. The van der Waals surface area contributed by atoms with Crippen molar-refractivity contribution < 1.29 is 9.52 Å². The van der Waals surface area contributed by atoms with E-state index in [0.29, 0.717) is 11.3 Å². The minimum absolute atomic E-state index is 0.216. The van der Waals surface area contributed by atoms with E-state index < -0.39 is 0 Å². The molecule has 6 heteroatoms. The highest BCUT2D eigenvalue weighted by molar-refractivity contribution is 14.1. The number of furan rings is 1.